The molecule has 0 saturated heterocycles. The molecule has 2 aromatic heterocycles. The van der Waals surface area contributed by atoms with Gasteiger partial charge in [0.25, 0.3) is 0 Å². The molecule has 296 valence electrons. The summed E-state index contributed by atoms with van der Waals surface area (Å²) in [4.78, 5) is 15.9. The van der Waals surface area contributed by atoms with E-state index in [-0.39, 0.29) is 0 Å². The second-order valence-electron chi connectivity index (χ2n) is 17.0. The number of fused-ring (bicyclic) bond motifs is 15. The fourth-order valence-electron chi connectivity index (χ4n) is 11.3. The van der Waals surface area contributed by atoms with E-state index in [1.54, 1.807) is 0 Å². The Morgan fingerprint density at radius 3 is 1.55 bits per heavy atom. The number of aromatic nitrogens is 4. The third-order valence-corrected chi connectivity index (χ3v) is 13.8. The summed E-state index contributed by atoms with van der Waals surface area (Å²) < 4.78 is 2.51. The van der Waals surface area contributed by atoms with E-state index in [2.05, 4.69) is 187 Å². The molecule has 1 aliphatic carbocycles. The molecule has 0 saturated carbocycles. The summed E-state index contributed by atoms with van der Waals surface area (Å²) in [6.45, 7) is 0. The summed E-state index contributed by atoms with van der Waals surface area (Å²) in [5, 5.41) is 7.12. The van der Waals surface area contributed by atoms with Crippen molar-refractivity contribution in [1.29, 1.82) is 0 Å². The molecule has 4 heteroatoms. The van der Waals surface area contributed by atoms with Gasteiger partial charge in [0, 0.05) is 33.0 Å². The van der Waals surface area contributed by atoms with E-state index in [4.69, 9.17) is 15.0 Å². The lowest BCUT2D eigenvalue weighted by molar-refractivity contribution is 0.749. The fourth-order valence-corrected chi connectivity index (χ4v) is 11.3. The minimum atomic E-state index is -0.594. The van der Waals surface area contributed by atoms with Crippen LogP contribution in [0.4, 0.5) is 0 Å². The monoisotopic (exact) mass is 812 g/mol. The lowest BCUT2D eigenvalue weighted by Gasteiger charge is -2.39. The highest BCUT2D eigenvalue weighted by atomic mass is 15.0. The van der Waals surface area contributed by atoms with Crippen LogP contribution in [0.1, 0.15) is 22.3 Å². The first-order valence-corrected chi connectivity index (χ1v) is 22.0. The summed E-state index contributed by atoms with van der Waals surface area (Å²) in [6, 6.07) is 79.2. The molecular weight excluding hydrogens is 777 g/mol. The Morgan fingerprint density at radius 2 is 0.828 bits per heavy atom. The molecular formula is C60H36N4. The largest absolute Gasteiger partial charge is 0.309 e. The van der Waals surface area contributed by atoms with Crippen LogP contribution in [-0.2, 0) is 5.41 Å². The Bertz CT molecular complexity index is 3850. The third kappa shape index (κ3) is 4.69. The molecule has 1 spiro atoms. The van der Waals surface area contributed by atoms with Gasteiger partial charge in [0.05, 0.1) is 22.1 Å². The number of para-hydroxylation sites is 3. The highest BCUT2D eigenvalue weighted by molar-refractivity contribution is 6.21. The molecule has 12 aromatic rings. The van der Waals surface area contributed by atoms with Crippen LogP contribution in [-0.4, -0.2) is 19.5 Å². The number of rotatable bonds is 4. The smallest absolute Gasteiger partial charge is 0.165 e. The molecule has 2 aliphatic rings. The second-order valence-corrected chi connectivity index (χ2v) is 17.0. The van der Waals surface area contributed by atoms with Gasteiger partial charge in [-0.25, -0.2) is 15.0 Å². The molecule has 64 heavy (non-hydrogen) atoms. The van der Waals surface area contributed by atoms with Gasteiger partial charge in [-0.15, -0.1) is 0 Å². The van der Waals surface area contributed by atoms with Gasteiger partial charge in [0.15, 0.2) is 17.5 Å². The summed E-state index contributed by atoms with van der Waals surface area (Å²) in [5.41, 5.74) is 15.9. The minimum absolute atomic E-state index is 0.594. The van der Waals surface area contributed by atoms with Crippen molar-refractivity contribution in [3.8, 4) is 62.1 Å². The van der Waals surface area contributed by atoms with Crippen LogP contribution in [0.15, 0.2) is 218 Å². The quantitative estimate of drug-likeness (QED) is 0.166. The van der Waals surface area contributed by atoms with Crippen molar-refractivity contribution < 1.29 is 0 Å². The Morgan fingerprint density at radius 1 is 0.312 bits per heavy atom. The Balaban J connectivity index is 1.12. The zero-order valence-electron chi connectivity index (χ0n) is 34.6. The first kappa shape index (κ1) is 35.2. The van der Waals surface area contributed by atoms with E-state index in [0.29, 0.717) is 17.5 Å². The molecule has 0 bridgehead atoms. The maximum atomic E-state index is 5.41. The number of hydrogen-bond donors (Lipinski definition) is 0. The molecule has 3 heterocycles. The van der Waals surface area contributed by atoms with Gasteiger partial charge >= 0.3 is 0 Å². The highest BCUT2D eigenvalue weighted by Crippen LogP contribution is 2.62. The molecule has 0 N–H and O–H groups in total. The summed E-state index contributed by atoms with van der Waals surface area (Å²) in [7, 11) is 0. The number of hydrogen-bond acceptors (Lipinski definition) is 3. The van der Waals surface area contributed by atoms with Crippen LogP contribution in [0, 0.1) is 0 Å². The van der Waals surface area contributed by atoms with Crippen molar-refractivity contribution in [3.05, 3.63) is 241 Å². The standard InChI is InChI=1S/C60H36N4/c1-3-18-37(19-4-1)57-61-58(38-20-5-2-6-21-38)63-59(62-57)55-46-27-10-8-23-41(46)40-22-7-9-26-45(40)54(55)39-34-35-43-42-24-11-13-29-48(42)60(51(43)36-39)49-30-14-16-33-53(49)64-52-32-15-12-25-44(52)47-28-17-31-50(60)56(47)64/h1-36H. The maximum Gasteiger partial charge on any atom is 0.165 e. The number of benzene rings is 10. The lowest BCUT2D eigenvalue weighted by atomic mass is 9.65. The van der Waals surface area contributed by atoms with Crippen molar-refractivity contribution in [1.82, 2.24) is 19.5 Å². The van der Waals surface area contributed by atoms with Crippen molar-refractivity contribution in [2.24, 2.45) is 0 Å². The van der Waals surface area contributed by atoms with Crippen LogP contribution in [0.3, 0.4) is 0 Å². The van der Waals surface area contributed by atoms with Crippen LogP contribution < -0.4 is 0 Å². The average Bonchev–Trinajstić information content (AvgIpc) is 3.86. The third-order valence-electron chi connectivity index (χ3n) is 13.8. The fraction of sp³-hybridized carbons (Fsp3) is 0.0167. The summed E-state index contributed by atoms with van der Waals surface area (Å²) in [5.74, 6) is 1.91. The van der Waals surface area contributed by atoms with Crippen LogP contribution in [0.5, 0.6) is 0 Å². The lowest BCUT2D eigenvalue weighted by Crippen LogP contribution is -2.33. The van der Waals surface area contributed by atoms with Crippen LogP contribution >= 0.6 is 0 Å². The molecule has 4 nitrogen and oxygen atoms in total. The molecule has 0 fully saturated rings. The zero-order valence-corrected chi connectivity index (χ0v) is 34.6. The summed E-state index contributed by atoms with van der Waals surface area (Å²) >= 11 is 0. The molecule has 1 aliphatic heterocycles. The zero-order chi connectivity index (χ0) is 41.9. The second kappa shape index (κ2) is 13.3. The maximum absolute atomic E-state index is 5.41. The minimum Gasteiger partial charge on any atom is -0.309 e. The molecule has 10 aromatic carbocycles. The topological polar surface area (TPSA) is 43.6 Å². The Hall–Kier alpha value is -8.47. The van der Waals surface area contributed by atoms with Gasteiger partial charge in [-0.2, -0.15) is 0 Å². The van der Waals surface area contributed by atoms with Crippen molar-refractivity contribution in [2.75, 3.05) is 0 Å². The normalized spacial score (nSPS) is 14.6. The highest BCUT2D eigenvalue weighted by Gasteiger charge is 2.51. The van der Waals surface area contributed by atoms with E-state index in [1.807, 2.05) is 36.4 Å². The molecule has 0 radical (unpaired) electrons. The first-order chi connectivity index (χ1) is 31.8. The van der Waals surface area contributed by atoms with Crippen molar-refractivity contribution >= 4 is 43.4 Å². The van der Waals surface area contributed by atoms with Gasteiger partial charge in [0.1, 0.15) is 0 Å². The Labute approximate surface area is 369 Å². The SMILES string of the molecule is c1ccc(-c2nc(-c3ccccc3)nc(-c3c(-c4ccc5c(c4)C4(c6ccccc6-5)c5ccccc5-n5c6ccccc6c6cccc4c65)c4ccccc4c4ccccc34)n2)cc1. The van der Waals surface area contributed by atoms with Gasteiger partial charge in [0.2, 0.25) is 0 Å². The van der Waals surface area contributed by atoms with E-state index >= 15 is 0 Å². The summed E-state index contributed by atoms with van der Waals surface area (Å²) in [6.07, 6.45) is 0. The Kier molecular flexibility index (Phi) is 7.29. The van der Waals surface area contributed by atoms with Gasteiger partial charge in [-0.05, 0) is 78.7 Å². The van der Waals surface area contributed by atoms with Gasteiger partial charge in [-0.3, -0.25) is 0 Å². The van der Waals surface area contributed by atoms with E-state index < -0.39 is 5.41 Å². The molecule has 1 unspecified atom stereocenters. The van der Waals surface area contributed by atoms with Crippen LogP contribution in [0.2, 0.25) is 0 Å². The van der Waals surface area contributed by atoms with Crippen molar-refractivity contribution in [3.63, 3.8) is 0 Å². The first-order valence-electron chi connectivity index (χ1n) is 22.0. The molecule has 0 amide bonds. The molecule has 1 atom stereocenters. The van der Waals surface area contributed by atoms with E-state index in [9.17, 15) is 0 Å². The van der Waals surface area contributed by atoms with E-state index in [0.717, 1.165) is 44.0 Å². The van der Waals surface area contributed by atoms with Crippen LogP contribution in [0.25, 0.3) is 105 Å². The predicted octanol–water partition coefficient (Wildman–Crippen LogP) is 14.6. The number of nitrogens with zero attached hydrogens (tertiary/aromatic N) is 4. The van der Waals surface area contributed by atoms with E-state index in [1.165, 1.54) is 66.3 Å². The van der Waals surface area contributed by atoms with Crippen molar-refractivity contribution in [2.45, 2.75) is 5.41 Å². The predicted molar refractivity (Wildman–Crippen MR) is 262 cm³/mol. The van der Waals surface area contributed by atoms with Gasteiger partial charge in [-0.1, -0.05) is 200 Å². The average molecular weight is 813 g/mol. The van der Waals surface area contributed by atoms with Gasteiger partial charge < -0.3 is 4.57 Å². The molecule has 14 rings (SSSR count).